The minimum atomic E-state index is -1.82. The third-order valence-corrected chi connectivity index (χ3v) is 4.77. The molecule has 0 radical (unpaired) electrons. The number of carbonyl (C=O) groups is 2. The monoisotopic (exact) mass is 418 g/mol. The molecule has 0 bridgehead atoms. The third-order valence-electron chi connectivity index (χ3n) is 4.77. The average molecular weight is 418 g/mol. The van der Waals surface area contributed by atoms with E-state index < -0.39 is 11.9 Å². The SMILES string of the molecule is Fc1ccc(CN2CCN(c3ccc4c(c3)OCCO4)CC2)cc1.O=C(O)C(=O)O. The molecule has 2 aliphatic rings. The molecule has 0 aliphatic carbocycles. The molecule has 2 aliphatic heterocycles. The summed E-state index contributed by atoms with van der Waals surface area (Å²) in [7, 11) is 0. The van der Waals surface area contributed by atoms with Crippen LogP contribution in [0.5, 0.6) is 11.5 Å². The zero-order valence-electron chi connectivity index (χ0n) is 16.3. The van der Waals surface area contributed by atoms with Crippen molar-refractivity contribution in [1.82, 2.24) is 4.90 Å². The first-order valence-corrected chi connectivity index (χ1v) is 9.50. The number of ether oxygens (including phenoxy) is 2. The number of fused-ring (bicyclic) bond motifs is 1. The van der Waals surface area contributed by atoms with E-state index in [9.17, 15) is 4.39 Å². The number of benzene rings is 2. The number of hydrogen-bond donors (Lipinski definition) is 2. The topological polar surface area (TPSA) is 99.5 Å². The van der Waals surface area contributed by atoms with Crippen molar-refractivity contribution in [2.45, 2.75) is 6.54 Å². The molecule has 0 atom stereocenters. The maximum atomic E-state index is 13.0. The zero-order valence-corrected chi connectivity index (χ0v) is 16.3. The minimum Gasteiger partial charge on any atom is -0.486 e. The van der Waals surface area contributed by atoms with E-state index in [0.29, 0.717) is 13.2 Å². The van der Waals surface area contributed by atoms with Crippen LogP contribution in [0.25, 0.3) is 0 Å². The maximum Gasteiger partial charge on any atom is 0.414 e. The summed E-state index contributed by atoms with van der Waals surface area (Å²) in [6.45, 7) is 6.03. The lowest BCUT2D eigenvalue weighted by molar-refractivity contribution is -0.159. The third kappa shape index (κ3) is 5.84. The van der Waals surface area contributed by atoms with Crippen LogP contribution >= 0.6 is 0 Å². The molecular formula is C21H23FN2O6. The van der Waals surface area contributed by atoms with Gasteiger partial charge in [0.2, 0.25) is 0 Å². The Morgan fingerprint density at radius 3 is 2.07 bits per heavy atom. The van der Waals surface area contributed by atoms with Gasteiger partial charge in [-0.05, 0) is 29.8 Å². The molecule has 4 rings (SSSR count). The highest BCUT2D eigenvalue weighted by Crippen LogP contribution is 2.34. The Labute approximate surface area is 173 Å². The predicted molar refractivity (Wildman–Crippen MR) is 107 cm³/mol. The Balaban J connectivity index is 0.000000377. The Morgan fingerprint density at radius 1 is 0.867 bits per heavy atom. The molecule has 2 heterocycles. The molecule has 8 nitrogen and oxygen atoms in total. The predicted octanol–water partition coefficient (Wildman–Crippen LogP) is 2.07. The average Bonchev–Trinajstić information content (AvgIpc) is 2.76. The van der Waals surface area contributed by atoms with Crippen molar-refractivity contribution in [3.63, 3.8) is 0 Å². The second kappa shape index (κ2) is 9.93. The van der Waals surface area contributed by atoms with Crippen molar-refractivity contribution in [3.05, 3.63) is 53.8 Å². The molecule has 2 aromatic carbocycles. The van der Waals surface area contributed by atoms with Crippen LogP contribution in [-0.2, 0) is 16.1 Å². The normalized spacial score (nSPS) is 15.7. The van der Waals surface area contributed by atoms with Crippen LogP contribution in [0.4, 0.5) is 10.1 Å². The minimum absolute atomic E-state index is 0.179. The first kappa shape index (κ1) is 21.4. The second-order valence-corrected chi connectivity index (χ2v) is 6.83. The Morgan fingerprint density at radius 2 is 1.47 bits per heavy atom. The van der Waals surface area contributed by atoms with E-state index in [1.807, 2.05) is 18.2 Å². The van der Waals surface area contributed by atoms with Gasteiger partial charge in [-0.3, -0.25) is 4.90 Å². The van der Waals surface area contributed by atoms with Crippen LogP contribution < -0.4 is 14.4 Å². The van der Waals surface area contributed by atoms with Gasteiger partial charge in [-0.1, -0.05) is 12.1 Å². The summed E-state index contributed by atoms with van der Waals surface area (Å²) < 4.78 is 24.2. The van der Waals surface area contributed by atoms with E-state index in [4.69, 9.17) is 29.3 Å². The van der Waals surface area contributed by atoms with E-state index in [1.165, 1.54) is 17.8 Å². The van der Waals surface area contributed by atoms with Crippen molar-refractivity contribution in [1.29, 1.82) is 0 Å². The number of anilines is 1. The molecular weight excluding hydrogens is 395 g/mol. The number of piperazine rings is 1. The van der Waals surface area contributed by atoms with Crippen molar-refractivity contribution in [2.75, 3.05) is 44.3 Å². The molecule has 0 aromatic heterocycles. The van der Waals surface area contributed by atoms with Crippen LogP contribution in [0.2, 0.25) is 0 Å². The molecule has 1 saturated heterocycles. The first-order chi connectivity index (χ1) is 14.4. The van der Waals surface area contributed by atoms with Crippen LogP contribution in [-0.4, -0.2) is 66.4 Å². The lowest BCUT2D eigenvalue weighted by atomic mass is 10.2. The molecule has 9 heteroatoms. The zero-order chi connectivity index (χ0) is 21.5. The van der Waals surface area contributed by atoms with Gasteiger partial charge in [0.25, 0.3) is 0 Å². The standard InChI is InChI=1S/C19H21FN2O2.C2H2O4/c20-16-3-1-15(2-4-16)14-21-7-9-22(10-8-21)17-5-6-18-19(13-17)24-12-11-23-18;3-1(4)2(5)6/h1-6,13H,7-12,14H2;(H,3,4)(H,5,6). The fourth-order valence-electron chi connectivity index (χ4n) is 3.24. The highest BCUT2D eigenvalue weighted by molar-refractivity contribution is 6.27. The summed E-state index contributed by atoms with van der Waals surface area (Å²) >= 11 is 0. The number of hydrogen-bond acceptors (Lipinski definition) is 6. The van der Waals surface area contributed by atoms with Crippen LogP contribution in [0.15, 0.2) is 42.5 Å². The molecule has 1 fully saturated rings. The summed E-state index contributed by atoms with van der Waals surface area (Å²) in [6, 6.07) is 13.0. The highest BCUT2D eigenvalue weighted by atomic mass is 19.1. The number of halogens is 1. The summed E-state index contributed by atoms with van der Waals surface area (Å²) in [5.41, 5.74) is 2.34. The number of carboxylic acids is 2. The van der Waals surface area contributed by atoms with Crippen molar-refractivity contribution >= 4 is 17.6 Å². The van der Waals surface area contributed by atoms with Gasteiger partial charge in [0, 0.05) is 44.5 Å². The van der Waals surface area contributed by atoms with Gasteiger partial charge in [-0.25, -0.2) is 14.0 Å². The van der Waals surface area contributed by atoms with Crippen LogP contribution in [0, 0.1) is 5.82 Å². The molecule has 2 N–H and O–H groups in total. The molecule has 160 valence electrons. The van der Waals surface area contributed by atoms with E-state index in [2.05, 4.69) is 21.9 Å². The van der Waals surface area contributed by atoms with Gasteiger partial charge in [-0.2, -0.15) is 0 Å². The van der Waals surface area contributed by atoms with Gasteiger partial charge < -0.3 is 24.6 Å². The lowest BCUT2D eigenvalue weighted by Gasteiger charge is -2.36. The number of nitrogens with zero attached hydrogens (tertiary/aromatic N) is 2. The van der Waals surface area contributed by atoms with Gasteiger partial charge in [0.1, 0.15) is 19.0 Å². The number of aliphatic carboxylic acids is 2. The Kier molecular flexibility index (Phi) is 7.08. The molecule has 0 unspecified atom stereocenters. The van der Waals surface area contributed by atoms with Crippen molar-refractivity contribution < 1.29 is 33.7 Å². The summed E-state index contributed by atoms with van der Waals surface area (Å²) in [4.78, 5) is 23.0. The van der Waals surface area contributed by atoms with Gasteiger partial charge in [0.05, 0.1) is 0 Å². The smallest absolute Gasteiger partial charge is 0.414 e. The van der Waals surface area contributed by atoms with Gasteiger partial charge in [0.15, 0.2) is 11.5 Å². The van der Waals surface area contributed by atoms with Gasteiger partial charge in [-0.15, -0.1) is 0 Å². The molecule has 2 aromatic rings. The fraction of sp³-hybridized carbons (Fsp3) is 0.333. The summed E-state index contributed by atoms with van der Waals surface area (Å²) in [5.74, 6) is -2.15. The van der Waals surface area contributed by atoms with Gasteiger partial charge >= 0.3 is 11.9 Å². The quantitative estimate of drug-likeness (QED) is 0.731. The van der Waals surface area contributed by atoms with E-state index in [0.717, 1.165) is 49.8 Å². The number of carboxylic acid groups (broad SMARTS) is 2. The lowest BCUT2D eigenvalue weighted by Crippen LogP contribution is -2.46. The number of rotatable bonds is 3. The second-order valence-electron chi connectivity index (χ2n) is 6.83. The van der Waals surface area contributed by atoms with E-state index >= 15 is 0 Å². The largest absolute Gasteiger partial charge is 0.486 e. The summed E-state index contributed by atoms with van der Waals surface area (Å²) in [6.07, 6.45) is 0. The van der Waals surface area contributed by atoms with Crippen molar-refractivity contribution in [3.8, 4) is 11.5 Å². The Hall–Kier alpha value is -3.33. The summed E-state index contributed by atoms with van der Waals surface area (Å²) in [5, 5.41) is 14.8. The van der Waals surface area contributed by atoms with Crippen molar-refractivity contribution in [2.24, 2.45) is 0 Å². The highest BCUT2D eigenvalue weighted by Gasteiger charge is 2.19. The molecule has 30 heavy (non-hydrogen) atoms. The molecule has 0 spiro atoms. The van der Waals surface area contributed by atoms with E-state index in [1.54, 1.807) is 0 Å². The molecule has 0 amide bonds. The molecule has 0 saturated carbocycles. The Bertz CT molecular complexity index is 870. The van der Waals surface area contributed by atoms with Crippen LogP contribution in [0.1, 0.15) is 5.56 Å². The first-order valence-electron chi connectivity index (χ1n) is 9.50. The fourth-order valence-corrected chi connectivity index (χ4v) is 3.24. The van der Waals surface area contributed by atoms with Crippen LogP contribution in [0.3, 0.4) is 0 Å². The maximum absolute atomic E-state index is 13.0. The van der Waals surface area contributed by atoms with E-state index in [-0.39, 0.29) is 5.82 Å².